The maximum Gasteiger partial charge on any atom is 0.253 e. The number of carbonyl (C=O) groups excluding carboxylic acids is 1. The first-order chi connectivity index (χ1) is 18.3. The van der Waals surface area contributed by atoms with Crippen molar-refractivity contribution >= 4 is 23.2 Å². The molecule has 0 saturated carbocycles. The van der Waals surface area contributed by atoms with Gasteiger partial charge in [-0.25, -0.2) is 0 Å². The number of carbonyl (C=O) groups is 1. The van der Waals surface area contributed by atoms with Gasteiger partial charge in [0, 0.05) is 56.0 Å². The highest BCUT2D eigenvalue weighted by atomic mass is 35.5. The van der Waals surface area contributed by atoms with Crippen molar-refractivity contribution in [1.82, 2.24) is 9.80 Å². The number of hydrogen-bond donors (Lipinski definition) is 2. The van der Waals surface area contributed by atoms with Gasteiger partial charge in [-0.2, -0.15) is 5.26 Å². The number of piperazine rings is 1. The molecule has 198 valence electrons. The van der Waals surface area contributed by atoms with Crippen LogP contribution >= 0.6 is 11.6 Å². The third-order valence-electron chi connectivity index (χ3n) is 7.11. The Morgan fingerprint density at radius 2 is 1.84 bits per heavy atom. The molecule has 0 spiro atoms. The lowest BCUT2D eigenvalue weighted by Gasteiger charge is -2.44. The van der Waals surface area contributed by atoms with Gasteiger partial charge in [0.1, 0.15) is 0 Å². The van der Waals surface area contributed by atoms with Crippen LogP contribution in [0.2, 0.25) is 5.02 Å². The van der Waals surface area contributed by atoms with Gasteiger partial charge in [0.15, 0.2) is 0 Å². The van der Waals surface area contributed by atoms with Crippen LogP contribution in [0, 0.1) is 18.3 Å². The summed E-state index contributed by atoms with van der Waals surface area (Å²) in [5.74, 6) is -0.121. The molecule has 1 saturated heterocycles. The molecular formula is C30H33ClN4O3. The molecule has 7 nitrogen and oxygen atoms in total. The van der Waals surface area contributed by atoms with Crippen LogP contribution in [0.5, 0.6) is 0 Å². The van der Waals surface area contributed by atoms with E-state index in [0.717, 1.165) is 35.5 Å². The van der Waals surface area contributed by atoms with Crippen LogP contribution in [0.1, 0.15) is 44.8 Å². The van der Waals surface area contributed by atoms with Crippen LogP contribution in [-0.4, -0.2) is 72.3 Å². The van der Waals surface area contributed by atoms with Crippen molar-refractivity contribution in [3.63, 3.8) is 0 Å². The molecule has 1 unspecified atom stereocenters. The summed E-state index contributed by atoms with van der Waals surface area (Å²) in [5.41, 5.74) is 5.12. The molecule has 1 fully saturated rings. The maximum atomic E-state index is 12.7. The van der Waals surface area contributed by atoms with E-state index in [1.807, 2.05) is 49.4 Å². The Labute approximate surface area is 229 Å². The van der Waals surface area contributed by atoms with Crippen LogP contribution in [0.4, 0.5) is 5.69 Å². The van der Waals surface area contributed by atoms with Gasteiger partial charge in [0.2, 0.25) is 0 Å². The smallest absolute Gasteiger partial charge is 0.253 e. The second-order valence-electron chi connectivity index (χ2n) is 9.72. The van der Waals surface area contributed by atoms with Gasteiger partial charge in [-0.15, -0.1) is 0 Å². The van der Waals surface area contributed by atoms with E-state index >= 15 is 0 Å². The molecule has 1 aliphatic heterocycles. The molecule has 4 rings (SSSR count). The van der Waals surface area contributed by atoms with Crippen molar-refractivity contribution < 1.29 is 15.0 Å². The van der Waals surface area contributed by atoms with Gasteiger partial charge < -0.3 is 20.0 Å². The minimum atomic E-state index is -0.664. The Morgan fingerprint density at radius 3 is 2.47 bits per heavy atom. The molecule has 2 N–H and O–H groups in total. The Hall–Kier alpha value is -3.41. The van der Waals surface area contributed by atoms with E-state index in [0.29, 0.717) is 29.2 Å². The summed E-state index contributed by atoms with van der Waals surface area (Å²) >= 11 is 6.18. The summed E-state index contributed by atoms with van der Waals surface area (Å²) in [6.45, 7) is 4.91. The van der Waals surface area contributed by atoms with Gasteiger partial charge in [-0.05, 0) is 66.1 Å². The molecule has 0 bridgehead atoms. The van der Waals surface area contributed by atoms with Crippen molar-refractivity contribution in [2.75, 3.05) is 51.3 Å². The fraction of sp³-hybridized carbons (Fsp3) is 0.333. The molecule has 2 atom stereocenters. The highest BCUT2D eigenvalue weighted by molar-refractivity contribution is 6.30. The molecule has 38 heavy (non-hydrogen) atoms. The van der Waals surface area contributed by atoms with E-state index < -0.39 is 6.10 Å². The van der Waals surface area contributed by atoms with Gasteiger partial charge in [0.25, 0.3) is 5.91 Å². The summed E-state index contributed by atoms with van der Waals surface area (Å²) in [5, 5.41) is 29.8. The second-order valence-corrected chi connectivity index (χ2v) is 10.2. The molecule has 0 aliphatic carbocycles. The summed E-state index contributed by atoms with van der Waals surface area (Å²) < 4.78 is 0. The number of aryl methyl sites for hydroxylation is 1. The van der Waals surface area contributed by atoms with Crippen molar-refractivity contribution in [1.29, 1.82) is 5.26 Å². The number of aliphatic hydroxyl groups is 2. The number of amides is 1. The topological polar surface area (TPSA) is 91.0 Å². The van der Waals surface area contributed by atoms with Crippen molar-refractivity contribution in [3.8, 4) is 6.07 Å². The standard InChI is InChI=1S/C30H33ClN4O3/c1-21-17-25(30(38)33(2)15-16-36)9-12-27(21)35-14-13-34(19-28(35)23-7-10-26(31)11-8-23)20-29(37)24-5-3-22(18-32)4-6-24/h3-12,17,28-29,36-37H,13-16,19-20H2,1-2H3/t28-,29?/m0/s1. The predicted octanol–water partition coefficient (Wildman–Crippen LogP) is 4.18. The number of β-amino-alcohol motifs (C(OH)–C–C–N with tert-alkyl or cyclic N) is 1. The molecular weight excluding hydrogens is 500 g/mol. The number of aliphatic hydroxyl groups excluding tert-OH is 2. The summed E-state index contributed by atoms with van der Waals surface area (Å²) in [7, 11) is 1.68. The first kappa shape index (κ1) is 27.6. The van der Waals surface area contributed by atoms with E-state index in [1.54, 1.807) is 31.3 Å². The molecule has 0 radical (unpaired) electrons. The lowest BCUT2D eigenvalue weighted by atomic mass is 9.98. The van der Waals surface area contributed by atoms with Gasteiger partial charge in [0.05, 0.1) is 30.4 Å². The third-order valence-corrected chi connectivity index (χ3v) is 7.36. The quantitative estimate of drug-likeness (QED) is 0.452. The normalized spacial score (nSPS) is 16.6. The molecule has 3 aromatic carbocycles. The largest absolute Gasteiger partial charge is 0.395 e. The lowest BCUT2D eigenvalue weighted by molar-refractivity contribution is 0.0767. The fourth-order valence-corrected chi connectivity index (χ4v) is 5.10. The Bertz CT molecular complexity index is 1290. The van der Waals surface area contributed by atoms with Gasteiger partial charge in [-0.1, -0.05) is 35.9 Å². The molecule has 1 amide bonds. The lowest BCUT2D eigenvalue weighted by Crippen LogP contribution is -2.49. The van der Waals surface area contributed by atoms with Crippen molar-refractivity contribution in [2.45, 2.75) is 19.1 Å². The number of nitrogens with zero attached hydrogens (tertiary/aromatic N) is 4. The fourth-order valence-electron chi connectivity index (χ4n) is 4.98. The number of nitriles is 1. The Morgan fingerprint density at radius 1 is 1.13 bits per heavy atom. The van der Waals surface area contributed by atoms with Crippen LogP contribution in [-0.2, 0) is 0 Å². The summed E-state index contributed by atoms with van der Waals surface area (Å²) in [6.07, 6.45) is -0.664. The SMILES string of the molecule is Cc1cc(C(=O)N(C)CCO)ccc1N1CCN(CC(O)c2ccc(C#N)cc2)C[C@H]1c1ccc(Cl)cc1. The van der Waals surface area contributed by atoms with Gasteiger partial charge in [-0.3, -0.25) is 9.69 Å². The number of hydrogen-bond acceptors (Lipinski definition) is 6. The first-order valence-corrected chi connectivity index (χ1v) is 13.1. The number of rotatable bonds is 8. The Balaban J connectivity index is 1.56. The average Bonchev–Trinajstić information content (AvgIpc) is 2.93. The van der Waals surface area contributed by atoms with Crippen molar-refractivity contribution in [2.24, 2.45) is 0 Å². The molecule has 1 heterocycles. The zero-order valence-electron chi connectivity index (χ0n) is 21.7. The van der Waals surface area contributed by atoms with Crippen LogP contribution in [0.25, 0.3) is 0 Å². The van der Waals surface area contributed by atoms with E-state index in [9.17, 15) is 15.0 Å². The minimum Gasteiger partial charge on any atom is -0.395 e. The zero-order valence-corrected chi connectivity index (χ0v) is 22.5. The van der Waals surface area contributed by atoms with Crippen LogP contribution < -0.4 is 4.90 Å². The highest BCUT2D eigenvalue weighted by Crippen LogP contribution is 2.34. The highest BCUT2D eigenvalue weighted by Gasteiger charge is 2.30. The molecule has 0 aromatic heterocycles. The number of anilines is 1. The summed E-state index contributed by atoms with van der Waals surface area (Å²) in [4.78, 5) is 18.9. The van der Waals surface area contributed by atoms with Crippen molar-refractivity contribution in [3.05, 3.63) is 99.6 Å². The average molecular weight is 533 g/mol. The Kier molecular flexibility index (Phi) is 9.03. The first-order valence-electron chi connectivity index (χ1n) is 12.7. The van der Waals surface area contributed by atoms with E-state index in [-0.39, 0.29) is 25.1 Å². The summed E-state index contributed by atoms with van der Waals surface area (Å²) in [6, 6.07) is 22.8. The monoisotopic (exact) mass is 532 g/mol. The van der Waals surface area contributed by atoms with E-state index in [1.165, 1.54) is 4.90 Å². The van der Waals surface area contributed by atoms with Crippen LogP contribution in [0.15, 0.2) is 66.7 Å². The molecule has 1 aliphatic rings. The minimum absolute atomic E-state index is 0.0199. The number of halogens is 1. The van der Waals surface area contributed by atoms with E-state index in [4.69, 9.17) is 16.9 Å². The predicted molar refractivity (Wildman–Crippen MR) is 149 cm³/mol. The maximum absolute atomic E-state index is 12.7. The van der Waals surface area contributed by atoms with Crippen LogP contribution in [0.3, 0.4) is 0 Å². The zero-order chi connectivity index (χ0) is 27.2. The van der Waals surface area contributed by atoms with E-state index in [2.05, 4.69) is 15.9 Å². The third kappa shape index (κ3) is 6.35. The van der Waals surface area contributed by atoms with Gasteiger partial charge >= 0.3 is 0 Å². The molecule has 8 heteroatoms. The molecule has 3 aromatic rings. The number of benzene rings is 3. The number of likely N-dealkylation sites (N-methyl/N-ethyl adjacent to an activating group) is 1. The second kappa shape index (κ2) is 12.4.